The number of benzene rings is 2. The standard InChI is InChI=1S/C21H28N2O3/c1-3-25-14-4-13-22-15-18-7-11-20(12-8-18)26-16-21(24)23-19-9-5-17(2)6-10-19/h5-12,22H,3-4,13-16H2,1-2H3,(H,23,24). The van der Waals surface area contributed by atoms with E-state index in [-0.39, 0.29) is 12.5 Å². The molecule has 26 heavy (non-hydrogen) atoms. The van der Waals surface area contributed by atoms with Gasteiger partial charge in [0.15, 0.2) is 6.61 Å². The van der Waals surface area contributed by atoms with Gasteiger partial charge in [0.25, 0.3) is 5.91 Å². The zero-order chi connectivity index (χ0) is 18.6. The third kappa shape index (κ3) is 7.68. The maximum atomic E-state index is 11.9. The smallest absolute Gasteiger partial charge is 0.262 e. The molecule has 0 spiro atoms. The molecule has 0 saturated heterocycles. The summed E-state index contributed by atoms with van der Waals surface area (Å²) in [5.41, 5.74) is 3.11. The van der Waals surface area contributed by atoms with Crippen molar-refractivity contribution in [2.45, 2.75) is 26.8 Å². The van der Waals surface area contributed by atoms with Crippen LogP contribution in [0.4, 0.5) is 5.69 Å². The summed E-state index contributed by atoms with van der Waals surface area (Å²) in [5.74, 6) is 0.512. The quantitative estimate of drug-likeness (QED) is 0.605. The van der Waals surface area contributed by atoms with Crippen LogP contribution in [-0.4, -0.2) is 32.3 Å². The third-order valence-corrected chi connectivity index (χ3v) is 3.80. The van der Waals surface area contributed by atoms with E-state index < -0.39 is 0 Å². The molecule has 5 nitrogen and oxygen atoms in total. The van der Waals surface area contributed by atoms with Gasteiger partial charge in [-0.1, -0.05) is 29.8 Å². The van der Waals surface area contributed by atoms with Gasteiger partial charge in [-0.05, 0) is 56.6 Å². The number of hydrogen-bond donors (Lipinski definition) is 2. The molecule has 140 valence electrons. The summed E-state index contributed by atoms with van der Waals surface area (Å²) < 4.78 is 10.8. The highest BCUT2D eigenvalue weighted by atomic mass is 16.5. The second-order valence-electron chi connectivity index (χ2n) is 6.07. The zero-order valence-electron chi connectivity index (χ0n) is 15.6. The molecule has 5 heteroatoms. The van der Waals surface area contributed by atoms with E-state index in [1.54, 1.807) is 0 Å². The van der Waals surface area contributed by atoms with Gasteiger partial charge in [0.05, 0.1) is 0 Å². The Bertz CT molecular complexity index is 654. The molecule has 0 fully saturated rings. The van der Waals surface area contributed by atoms with E-state index in [9.17, 15) is 4.79 Å². The maximum absolute atomic E-state index is 11.9. The second-order valence-corrected chi connectivity index (χ2v) is 6.07. The molecule has 0 aliphatic carbocycles. The second kappa shape index (κ2) is 11.3. The average Bonchev–Trinajstić information content (AvgIpc) is 2.66. The van der Waals surface area contributed by atoms with Gasteiger partial charge in [-0.15, -0.1) is 0 Å². The zero-order valence-corrected chi connectivity index (χ0v) is 15.6. The van der Waals surface area contributed by atoms with Crippen molar-refractivity contribution in [3.8, 4) is 5.75 Å². The normalized spacial score (nSPS) is 10.5. The molecule has 2 aromatic rings. The van der Waals surface area contributed by atoms with E-state index in [1.807, 2.05) is 62.4 Å². The highest BCUT2D eigenvalue weighted by Gasteiger charge is 2.04. The SMILES string of the molecule is CCOCCCNCc1ccc(OCC(=O)Nc2ccc(C)cc2)cc1. The topological polar surface area (TPSA) is 59.6 Å². The minimum atomic E-state index is -0.172. The van der Waals surface area contributed by atoms with Gasteiger partial charge in [-0.2, -0.15) is 0 Å². The fourth-order valence-electron chi connectivity index (χ4n) is 2.36. The largest absolute Gasteiger partial charge is 0.484 e. The Kier molecular flexibility index (Phi) is 8.66. The number of ether oxygens (including phenoxy) is 2. The molecule has 2 aromatic carbocycles. The van der Waals surface area contributed by atoms with Crippen LogP contribution in [0.5, 0.6) is 5.75 Å². The van der Waals surface area contributed by atoms with Crippen molar-refractivity contribution < 1.29 is 14.3 Å². The van der Waals surface area contributed by atoms with Crippen molar-refractivity contribution in [3.05, 3.63) is 59.7 Å². The van der Waals surface area contributed by atoms with Crippen molar-refractivity contribution in [2.24, 2.45) is 0 Å². The molecule has 0 atom stereocenters. The summed E-state index contributed by atoms with van der Waals surface area (Å²) in [5, 5.41) is 6.19. The first-order valence-electron chi connectivity index (χ1n) is 9.04. The fraction of sp³-hybridized carbons (Fsp3) is 0.381. The van der Waals surface area contributed by atoms with Crippen molar-refractivity contribution in [1.82, 2.24) is 5.32 Å². The number of anilines is 1. The summed E-state index contributed by atoms with van der Waals surface area (Å²) in [6, 6.07) is 15.4. The van der Waals surface area contributed by atoms with Gasteiger partial charge in [0.2, 0.25) is 0 Å². The van der Waals surface area contributed by atoms with E-state index in [4.69, 9.17) is 9.47 Å². The molecule has 0 aliphatic rings. The highest BCUT2D eigenvalue weighted by molar-refractivity contribution is 5.91. The summed E-state index contributed by atoms with van der Waals surface area (Å²) in [7, 11) is 0. The first kappa shape index (κ1) is 19.9. The van der Waals surface area contributed by atoms with Crippen LogP contribution in [0, 0.1) is 6.92 Å². The fourth-order valence-corrected chi connectivity index (χ4v) is 2.36. The van der Waals surface area contributed by atoms with E-state index in [0.29, 0.717) is 5.75 Å². The van der Waals surface area contributed by atoms with Gasteiger partial charge in [0.1, 0.15) is 5.75 Å². The maximum Gasteiger partial charge on any atom is 0.262 e. The van der Waals surface area contributed by atoms with Gasteiger partial charge in [-0.3, -0.25) is 4.79 Å². The Labute approximate surface area is 155 Å². The molecular formula is C21H28N2O3. The van der Waals surface area contributed by atoms with Crippen LogP contribution in [0.2, 0.25) is 0 Å². The predicted octanol–water partition coefficient (Wildman–Crippen LogP) is 3.53. The Balaban J connectivity index is 1.66. The van der Waals surface area contributed by atoms with E-state index >= 15 is 0 Å². The number of nitrogens with one attached hydrogen (secondary N) is 2. The van der Waals surface area contributed by atoms with Crippen molar-refractivity contribution in [1.29, 1.82) is 0 Å². The van der Waals surface area contributed by atoms with Crippen molar-refractivity contribution in [2.75, 3.05) is 31.7 Å². The van der Waals surface area contributed by atoms with Gasteiger partial charge < -0.3 is 20.1 Å². The summed E-state index contributed by atoms with van der Waals surface area (Å²) in [6.07, 6.45) is 1.01. The van der Waals surface area contributed by atoms with Crippen LogP contribution >= 0.6 is 0 Å². The molecule has 0 saturated carbocycles. The molecule has 0 bridgehead atoms. The molecule has 0 aromatic heterocycles. The monoisotopic (exact) mass is 356 g/mol. The number of aryl methyl sites for hydroxylation is 1. The predicted molar refractivity (Wildman–Crippen MR) is 105 cm³/mol. The third-order valence-electron chi connectivity index (χ3n) is 3.80. The molecule has 2 rings (SSSR count). The Morgan fingerprint density at radius 3 is 2.46 bits per heavy atom. The average molecular weight is 356 g/mol. The lowest BCUT2D eigenvalue weighted by Crippen LogP contribution is -2.20. The summed E-state index contributed by atoms with van der Waals surface area (Å²) in [6.45, 7) is 7.30. The van der Waals surface area contributed by atoms with Crippen molar-refractivity contribution >= 4 is 11.6 Å². The number of amides is 1. The minimum Gasteiger partial charge on any atom is -0.484 e. The molecule has 0 heterocycles. The van der Waals surface area contributed by atoms with E-state index in [0.717, 1.165) is 44.0 Å². The van der Waals surface area contributed by atoms with Crippen LogP contribution in [0.15, 0.2) is 48.5 Å². The summed E-state index contributed by atoms with van der Waals surface area (Å²) in [4.78, 5) is 11.9. The van der Waals surface area contributed by atoms with Gasteiger partial charge in [-0.25, -0.2) is 0 Å². The highest BCUT2D eigenvalue weighted by Crippen LogP contribution is 2.13. The molecule has 2 N–H and O–H groups in total. The first-order valence-corrected chi connectivity index (χ1v) is 9.04. The van der Waals surface area contributed by atoms with Crippen LogP contribution in [0.1, 0.15) is 24.5 Å². The molecule has 0 unspecified atom stereocenters. The Morgan fingerprint density at radius 2 is 1.77 bits per heavy atom. The van der Waals surface area contributed by atoms with Gasteiger partial charge >= 0.3 is 0 Å². The minimum absolute atomic E-state index is 0.0110. The Morgan fingerprint density at radius 1 is 1.04 bits per heavy atom. The summed E-state index contributed by atoms with van der Waals surface area (Å²) >= 11 is 0. The van der Waals surface area contributed by atoms with E-state index in [1.165, 1.54) is 5.56 Å². The molecule has 1 amide bonds. The lowest BCUT2D eigenvalue weighted by atomic mass is 10.2. The van der Waals surface area contributed by atoms with Crippen LogP contribution in [-0.2, 0) is 16.1 Å². The Hall–Kier alpha value is -2.37. The molecular weight excluding hydrogens is 328 g/mol. The number of rotatable bonds is 11. The lowest BCUT2D eigenvalue weighted by molar-refractivity contribution is -0.118. The van der Waals surface area contributed by atoms with Crippen molar-refractivity contribution in [3.63, 3.8) is 0 Å². The number of hydrogen-bond acceptors (Lipinski definition) is 4. The van der Waals surface area contributed by atoms with Crippen LogP contribution in [0.3, 0.4) is 0 Å². The first-order chi connectivity index (χ1) is 12.7. The molecule has 0 radical (unpaired) electrons. The molecule has 0 aliphatic heterocycles. The van der Waals surface area contributed by atoms with Crippen LogP contribution < -0.4 is 15.4 Å². The van der Waals surface area contributed by atoms with Crippen LogP contribution in [0.25, 0.3) is 0 Å². The van der Waals surface area contributed by atoms with Gasteiger partial charge in [0, 0.05) is 25.4 Å². The number of carbonyl (C=O) groups excluding carboxylic acids is 1. The lowest BCUT2D eigenvalue weighted by Gasteiger charge is -2.09. The van der Waals surface area contributed by atoms with E-state index in [2.05, 4.69) is 10.6 Å². The number of carbonyl (C=O) groups is 1.